The summed E-state index contributed by atoms with van der Waals surface area (Å²) in [6, 6.07) is 13.1. The monoisotopic (exact) mass is 529 g/mol. The van der Waals surface area contributed by atoms with Gasteiger partial charge in [-0.2, -0.15) is 0 Å². The Labute approximate surface area is 228 Å². The van der Waals surface area contributed by atoms with Gasteiger partial charge < -0.3 is 24.8 Å². The van der Waals surface area contributed by atoms with E-state index in [2.05, 4.69) is 21.4 Å². The lowest BCUT2D eigenvalue weighted by Gasteiger charge is -2.28. The molecule has 0 unspecified atom stereocenters. The van der Waals surface area contributed by atoms with Crippen molar-refractivity contribution in [2.24, 2.45) is 0 Å². The molecule has 3 N–H and O–H groups in total. The smallest absolute Gasteiger partial charge is 0.274 e. The lowest BCUT2D eigenvalue weighted by molar-refractivity contribution is 0.0419. The van der Waals surface area contributed by atoms with Crippen LogP contribution in [0.1, 0.15) is 46.9 Å². The van der Waals surface area contributed by atoms with Gasteiger partial charge in [-0.15, -0.1) is 0 Å². The lowest BCUT2D eigenvalue weighted by Crippen LogP contribution is -2.37. The molecule has 1 aliphatic heterocycles. The maximum absolute atomic E-state index is 12.9. The molecule has 2 heterocycles. The van der Waals surface area contributed by atoms with Crippen LogP contribution >= 0.6 is 0 Å². The Morgan fingerprint density at radius 3 is 2.54 bits per heavy atom. The number of rotatable bonds is 9. The summed E-state index contributed by atoms with van der Waals surface area (Å²) in [6.45, 7) is 6.59. The molecule has 2 aliphatic rings. The number of carbonyl (C=O) groups is 1. The van der Waals surface area contributed by atoms with Crippen LogP contribution in [0.2, 0.25) is 0 Å². The van der Waals surface area contributed by atoms with E-state index in [1.54, 1.807) is 6.07 Å². The van der Waals surface area contributed by atoms with Gasteiger partial charge in [-0.05, 0) is 55.4 Å². The van der Waals surface area contributed by atoms with E-state index in [9.17, 15) is 15.0 Å². The number of allylic oxidation sites excluding steroid dienone is 3. The Morgan fingerprint density at radius 2 is 1.82 bits per heavy atom. The Kier molecular flexibility index (Phi) is 8.44. The summed E-state index contributed by atoms with van der Waals surface area (Å²) in [5.41, 5.74) is 5.26. The van der Waals surface area contributed by atoms with Crippen LogP contribution in [0.15, 0.2) is 64.7 Å². The van der Waals surface area contributed by atoms with Crippen LogP contribution < -0.4 is 5.32 Å². The Hall–Kier alpha value is -3.88. The second-order valence-corrected chi connectivity index (χ2v) is 9.98. The molecule has 8 nitrogen and oxygen atoms in total. The van der Waals surface area contributed by atoms with Gasteiger partial charge in [-0.1, -0.05) is 53.2 Å². The van der Waals surface area contributed by atoms with E-state index >= 15 is 0 Å². The predicted molar refractivity (Wildman–Crippen MR) is 150 cm³/mol. The summed E-state index contributed by atoms with van der Waals surface area (Å²) in [7, 11) is 0. The standard InChI is InChI=1S/C31H35N3O5/c1-2-32-31(37)29-28(23-11-9-22(10-12-23)20-34-14-16-38-17-15-34)30(39-33-29)25-18-24(26(35)19-27(25)36)13-8-21-6-4-3-5-7-21/h3-7,9,11,18-19,35-36H,2,8,10,12-17,20H2,1H3,(H,32,37). The molecule has 1 fully saturated rings. The summed E-state index contributed by atoms with van der Waals surface area (Å²) in [6.07, 6.45) is 7.03. The van der Waals surface area contributed by atoms with E-state index in [1.807, 2.05) is 43.3 Å². The van der Waals surface area contributed by atoms with Crippen molar-refractivity contribution >= 4 is 11.5 Å². The number of carbonyl (C=O) groups excluding carboxylic acids is 1. The lowest BCUT2D eigenvalue weighted by atomic mass is 9.89. The molecule has 1 saturated heterocycles. The first-order chi connectivity index (χ1) is 19.0. The van der Waals surface area contributed by atoms with Gasteiger partial charge in [0.05, 0.1) is 24.3 Å². The summed E-state index contributed by atoms with van der Waals surface area (Å²) >= 11 is 0. The average molecular weight is 530 g/mol. The summed E-state index contributed by atoms with van der Waals surface area (Å²) < 4.78 is 11.2. The van der Waals surface area contributed by atoms with E-state index in [-0.39, 0.29) is 23.1 Å². The maximum atomic E-state index is 12.9. The molecule has 0 bridgehead atoms. The van der Waals surface area contributed by atoms with Crippen LogP contribution in [0.5, 0.6) is 11.5 Å². The third-order valence-corrected chi connectivity index (χ3v) is 7.30. The van der Waals surface area contributed by atoms with Crippen molar-refractivity contribution in [3.63, 3.8) is 0 Å². The first-order valence-corrected chi connectivity index (χ1v) is 13.6. The van der Waals surface area contributed by atoms with Gasteiger partial charge in [0.25, 0.3) is 5.91 Å². The zero-order valence-electron chi connectivity index (χ0n) is 22.3. The van der Waals surface area contributed by atoms with Crippen LogP contribution in [-0.4, -0.2) is 65.6 Å². The van der Waals surface area contributed by atoms with Crippen molar-refractivity contribution in [1.82, 2.24) is 15.4 Å². The fraction of sp³-hybridized carbons (Fsp3) is 0.355. The minimum absolute atomic E-state index is 0.0183. The number of hydrogen-bond acceptors (Lipinski definition) is 7. The Bertz CT molecular complexity index is 1370. The topological polar surface area (TPSA) is 108 Å². The molecule has 0 saturated carbocycles. The van der Waals surface area contributed by atoms with Gasteiger partial charge in [0.15, 0.2) is 11.5 Å². The second kappa shape index (κ2) is 12.3. The van der Waals surface area contributed by atoms with Crippen molar-refractivity contribution in [3.05, 3.63) is 82.6 Å². The van der Waals surface area contributed by atoms with Crippen molar-refractivity contribution in [1.29, 1.82) is 0 Å². The van der Waals surface area contributed by atoms with Crippen molar-refractivity contribution in [3.8, 4) is 22.8 Å². The SMILES string of the molecule is CCNC(=O)c1noc(-c2cc(CCc3ccccc3)c(O)cc2O)c1C1=CC=C(CN2CCOCC2)CC1. The van der Waals surface area contributed by atoms with Crippen molar-refractivity contribution in [2.75, 3.05) is 39.4 Å². The largest absolute Gasteiger partial charge is 0.508 e. The molecule has 2 aromatic carbocycles. The highest BCUT2D eigenvalue weighted by Gasteiger charge is 2.28. The quantitative estimate of drug-likeness (QED) is 0.368. The van der Waals surface area contributed by atoms with Crippen LogP contribution in [0.25, 0.3) is 16.9 Å². The first-order valence-electron chi connectivity index (χ1n) is 13.6. The van der Waals surface area contributed by atoms with Crippen molar-refractivity contribution < 1.29 is 24.3 Å². The normalized spacial score (nSPS) is 16.0. The predicted octanol–water partition coefficient (Wildman–Crippen LogP) is 4.72. The van der Waals surface area contributed by atoms with Crippen LogP contribution in [0.4, 0.5) is 0 Å². The number of nitrogens with one attached hydrogen (secondary N) is 1. The van der Waals surface area contributed by atoms with Gasteiger partial charge in [0.1, 0.15) is 11.5 Å². The zero-order chi connectivity index (χ0) is 27.2. The number of hydrogen-bond donors (Lipinski definition) is 3. The Balaban J connectivity index is 1.48. The van der Waals surface area contributed by atoms with E-state index in [1.165, 1.54) is 11.6 Å². The average Bonchev–Trinajstić information content (AvgIpc) is 3.39. The number of aryl methyl sites for hydroxylation is 2. The van der Waals surface area contributed by atoms with Gasteiger partial charge in [-0.3, -0.25) is 9.69 Å². The van der Waals surface area contributed by atoms with E-state index < -0.39 is 0 Å². The van der Waals surface area contributed by atoms with E-state index in [4.69, 9.17) is 9.26 Å². The van der Waals surface area contributed by atoms with Crippen LogP contribution in [-0.2, 0) is 17.6 Å². The number of phenols is 2. The molecule has 1 amide bonds. The van der Waals surface area contributed by atoms with E-state index in [0.717, 1.165) is 63.2 Å². The number of aromatic nitrogens is 1. The summed E-state index contributed by atoms with van der Waals surface area (Å²) in [5, 5.41) is 28.4. The number of nitrogens with zero attached hydrogens (tertiary/aromatic N) is 2. The van der Waals surface area contributed by atoms with E-state index in [0.29, 0.717) is 35.4 Å². The highest BCUT2D eigenvalue weighted by atomic mass is 16.5. The molecule has 39 heavy (non-hydrogen) atoms. The fourth-order valence-electron chi connectivity index (χ4n) is 5.17. The number of benzene rings is 2. The number of phenolic OH excluding ortho intramolecular Hbond substituents is 2. The Morgan fingerprint density at radius 1 is 1.03 bits per heavy atom. The molecule has 1 aromatic heterocycles. The number of morpholine rings is 1. The van der Waals surface area contributed by atoms with Gasteiger partial charge in [0.2, 0.25) is 0 Å². The highest BCUT2D eigenvalue weighted by Crippen LogP contribution is 2.42. The number of amides is 1. The molecule has 8 heteroatoms. The molecule has 1 aliphatic carbocycles. The third kappa shape index (κ3) is 6.24. The molecule has 5 rings (SSSR count). The van der Waals surface area contributed by atoms with Gasteiger partial charge in [-0.25, -0.2) is 0 Å². The van der Waals surface area contributed by atoms with Crippen LogP contribution in [0, 0.1) is 0 Å². The van der Waals surface area contributed by atoms with Gasteiger partial charge >= 0.3 is 0 Å². The van der Waals surface area contributed by atoms with Crippen molar-refractivity contribution in [2.45, 2.75) is 32.6 Å². The third-order valence-electron chi connectivity index (χ3n) is 7.30. The number of ether oxygens (including phenoxy) is 1. The summed E-state index contributed by atoms with van der Waals surface area (Å²) in [4.78, 5) is 15.3. The first kappa shape index (κ1) is 26.7. The molecule has 204 valence electrons. The second-order valence-electron chi connectivity index (χ2n) is 9.98. The number of aromatic hydroxyl groups is 2. The molecule has 0 atom stereocenters. The minimum Gasteiger partial charge on any atom is -0.508 e. The van der Waals surface area contributed by atoms with Gasteiger partial charge in [0, 0.05) is 32.2 Å². The molecule has 0 spiro atoms. The fourth-order valence-corrected chi connectivity index (χ4v) is 5.17. The highest BCUT2D eigenvalue weighted by molar-refractivity contribution is 6.00. The van der Waals surface area contributed by atoms with Crippen LogP contribution in [0.3, 0.4) is 0 Å². The molecular formula is C31H35N3O5. The minimum atomic E-state index is -0.325. The molecular weight excluding hydrogens is 494 g/mol. The zero-order valence-corrected chi connectivity index (χ0v) is 22.3. The summed E-state index contributed by atoms with van der Waals surface area (Å²) in [5.74, 6) is -0.111. The maximum Gasteiger partial charge on any atom is 0.274 e. The molecule has 0 radical (unpaired) electrons. The molecule has 3 aromatic rings.